The van der Waals surface area contributed by atoms with E-state index in [9.17, 15) is 9.90 Å². The van der Waals surface area contributed by atoms with Crippen LogP contribution in [-0.2, 0) is 11.2 Å². The molecule has 1 heterocycles. The van der Waals surface area contributed by atoms with E-state index >= 15 is 0 Å². The Morgan fingerprint density at radius 2 is 2.42 bits per heavy atom. The molecule has 0 unspecified atom stereocenters. The van der Waals surface area contributed by atoms with Crippen molar-refractivity contribution in [3.05, 3.63) is 16.5 Å². The number of rotatable bonds is 3. The van der Waals surface area contributed by atoms with Crippen molar-refractivity contribution >= 4 is 17.6 Å². The van der Waals surface area contributed by atoms with Crippen molar-refractivity contribution < 1.29 is 14.4 Å². The van der Waals surface area contributed by atoms with E-state index in [2.05, 4.69) is 5.16 Å². The summed E-state index contributed by atoms with van der Waals surface area (Å²) in [6.45, 7) is 1.69. The minimum Gasteiger partial charge on any atom is -0.550 e. The van der Waals surface area contributed by atoms with Crippen molar-refractivity contribution in [3.8, 4) is 0 Å². The molecule has 0 amide bonds. The van der Waals surface area contributed by atoms with Crippen molar-refractivity contribution in [1.29, 1.82) is 0 Å². The van der Waals surface area contributed by atoms with Crippen LogP contribution in [0.4, 0.5) is 0 Å². The second-order valence-corrected chi connectivity index (χ2v) is 2.76. The topological polar surface area (TPSA) is 66.2 Å². The highest BCUT2D eigenvalue weighted by Crippen LogP contribution is 2.20. The fourth-order valence-corrected chi connectivity index (χ4v) is 0.940. The molecule has 0 saturated carbocycles. The predicted octanol–water partition coefficient (Wildman–Crippen LogP) is 0.319. The fourth-order valence-electron chi connectivity index (χ4n) is 0.776. The Morgan fingerprint density at radius 3 is 2.83 bits per heavy atom. The molecule has 0 aliphatic rings. The monoisotopic (exact) mass is 188 g/mol. The summed E-state index contributed by atoms with van der Waals surface area (Å²) in [6.07, 6.45) is 0.121. The normalized spacial score (nSPS) is 10.2. The van der Waals surface area contributed by atoms with Crippen LogP contribution >= 0.6 is 11.6 Å². The van der Waals surface area contributed by atoms with Crippen molar-refractivity contribution in [2.45, 2.75) is 19.8 Å². The van der Waals surface area contributed by atoms with E-state index in [1.54, 1.807) is 6.92 Å². The third kappa shape index (κ3) is 1.98. The Morgan fingerprint density at radius 1 is 1.75 bits per heavy atom. The van der Waals surface area contributed by atoms with Gasteiger partial charge in [-0.15, -0.1) is 0 Å². The van der Waals surface area contributed by atoms with Crippen LogP contribution in [0.25, 0.3) is 0 Å². The van der Waals surface area contributed by atoms with E-state index < -0.39 is 5.97 Å². The number of carbonyl (C=O) groups is 1. The summed E-state index contributed by atoms with van der Waals surface area (Å²) in [6, 6.07) is 0. The van der Waals surface area contributed by atoms with Crippen LogP contribution < -0.4 is 5.11 Å². The van der Waals surface area contributed by atoms with Crippen LogP contribution in [0.5, 0.6) is 0 Å². The van der Waals surface area contributed by atoms with Gasteiger partial charge in [0.25, 0.3) is 0 Å². The minimum atomic E-state index is -1.12. The number of aromatic nitrogens is 1. The lowest BCUT2D eigenvalue weighted by Crippen LogP contribution is -2.22. The summed E-state index contributed by atoms with van der Waals surface area (Å²) in [7, 11) is 0. The second-order valence-electron chi connectivity index (χ2n) is 2.38. The Balaban J connectivity index is 2.63. The third-order valence-corrected chi connectivity index (χ3v) is 1.90. The Hall–Kier alpha value is -1.03. The van der Waals surface area contributed by atoms with Gasteiger partial charge in [0.15, 0.2) is 5.76 Å². The maximum atomic E-state index is 10.1. The summed E-state index contributed by atoms with van der Waals surface area (Å²) in [5.41, 5.74) is 0.574. The molecule has 0 aromatic carbocycles. The average Bonchev–Trinajstić information content (AvgIpc) is 2.30. The highest BCUT2D eigenvalue weighted by atomic mass is 35.5. The number of carboxylic acids is 1. The quantitative estimate of drug-likeness (QED) is 0.685. The van der Waals surface area contributed by atoms with Gasteiger partial charge in [0.05, 0.1) is 5.69 Å². The second kappa shape index (κ2) is 3.58. The summed E-state index contributed by atoms with van der Waals surface area (Å²) in [5.74, 6) is -0.724. The highest BCUT2D eigenvalue weighted by Gasteiger charge is 2.09. The molecular weight excluding hydrogens is 182 g/mol. The molecule has 1 aromatic rings. The number of hydrogen-bond donors (Lipinski definition) is 0. The zero-order valence-corrected chi connectivity index (χ0v) is 7.22. The first-order valence-electron chi connectivity index (χ1n) is 3.41. The van der Waals surface area contributed by atoms with E-state index in [1.807, 2.05) is 0 Å². The average molecular weight is 189 g/mol. The molecule has 0 fully saturated rings. The van der Waals surface area contributed by atoms with Crippen molar-refractivity contribution in [3.63, 3.8) is 0 Å². The molecule has 12 heavy (non-hydrogen) atoms. The molecule has 4 nitrogen and oxygen atoms in total. The predicted molar refractivity (Wildman–Crippen MR) is 39.6 cm³/mol. The van der Waals surface area contributed by atoms with Crippen molar-refractivity contribution in [2.24, 2.45) is 0 Å². The lowest BCUT2D eigenvalue weighted by Gasteiger charge is -1.97. The standard InChI is InChI=1S/C7H8ClNO3/c1-4-7(8)5(12-9-4)2-3-6(10)11/h2-3H2,1H3,(H,10,11)/p-1. The van der Waals surface area contributed by atoms with Crippen molar-refractivity contribution in [2.75, 3.05) is 0 Å². The van der Waals surface area contributed by atoms with Gasteiger partial charge in [-0.05, 0) is 13.3 Å². The first-order valence-corrected chi connectivity index (χ1v) is 3.79. The maximum absolute atomic E-state index is 10.1. The van der Waals surface area contributed by atoms with Gasteiger partial charge in [-0.2, -0.15) is 0 Å². The summed E-state index contributed by atoms with van der Waals surface area (Å²) < 4.78 is 4.77. The molecule has 0 bridgehead atoms. The first-order chi connectivity index (χ1) is 5.61. The molecule has 1 rings (SSSR count). The molecule has 1 aromatic heterocycles. The molecule has 0 aliphatic heterocycles. The zero-order chi connectivity index (χ0) is 9.14. The first kappa shape index (κ1) is 9.06. The highest BCUT2D eigenvalue weighted by molar-refractivity contribution is 6.31. The van der Waals surface area contributed by atoms with Crippen LogP contribution in [-0.4, -0.2) is 11.1 Å². The third-order valence-electron chi connectivity index (χ3n) is 1.41. The molecule has 66 valence electrons. The molecule has 0 saturated heterocycles. The van der Waals surface area contributed by atoms with Gasteiger partial charge in [0.2, 0.25) is 0 Å². The number of carbonyl (C=O) groups excluding carboxylic acids is 1. The summed E-state index contributed by atoms with van der Waals surface area (Å²) in [5, 5.41) is 14.0. The Kier molecular flexibility index (Phi) is 2.70. The minimum absolute atomic E-state index is 0.103. The molecule has 0 spiro atoms. The van der Waals surface area contributed by atoms with E-state index in [-0.39, 0.29) is 12.8 Å². The smallest absolute Gasteiger partial charge is 0.155 e. The van der Waals surface area contributed by atoms with E-state index in [0.717, 1.165) is 0 Å². The van der Waals surface area contributed by atoms with E-state index in [4.69, 9.17) is 16.1 Å². The van der Waals surface area contributed by atoms with E-state index in [1.165, 1.54) is 0 Å². The van der Waals surface area contributed by atoms with Gasteiger partial charge in [0, 0.05) is 12.4 Å². The maximum Gasteiger partial charge on any atom is 0.155 e. The van der Waals surface area contributed by atoms with Gasteiger partial charge in [-0.25, -0.2) is 0 Å². The fraction of sp³-hybridized carbons (Fsp3) is 0.429. The number of halogens is 1. The van der Waals surface area contributed by atoms with Gasteiger partial charge >= 0.3 is 0 Å². The molecule has 0 radical (unpaired) electrons. The van der Waals surface area contributed by atoms with Gasteiger partial charge in [0.1, 0.15) is 5.02 Å². The Bertz CT molecular complexity index is 295. The number of hydrogen-bond acceptors (Lipinski definition) is 4. The summed E-state index contributed by atoms with van der Waals surface area (Å²) >= 11 is 5.72. The van der Waals surface area contributed by atoms with Crippen LogP contribution in [0, 0.1) is 6.92 Å². The van der Waals surface area contributed by atoms with Crippen LogP contribution in [0.15, 0.2) is 4.52 Å². The van der Waals surface area contributed by atoms with Crippen LogP contribution in [0.3, 0.4) is 0 Å². The lowest BCUT2D eigenvalue weighted by molar-refractivity contribution is -0.305. The number of aliphatic carboxylic acids is 1. The number of nitrogens with zero attached hydrogens (tertiary/aromatic N) is 1. The molecule has 0 aliphatic carbocycles. The van der Waals surface area contributed by atoms with E-state index in [0.29, 0.717) is 16.5 Å². The summed E-state index contributed by atoms with van der Waals surface area (Å²) in [4.78, 5) is 10.1. The molecule has 0 atom stereocenters. The molecular formula is C7H7ClNO3-. The Labute approximate surface area is 74.1 Å². The molecule has 5 heteroatoms. The number of aryl methyl sites for hydroxylation is 2. The SMILES string of the molecule is Cc1noc(CCC(=O)[O-])c1Cl. The van der Waals surface area contributed by atoms with Gasteiger partial charge < -0.3 is 14.4 Å². The van der Waals surface area contributed by atoms with Crippen LogP contribution in [0.2, 0.25) is 5.02 Å². The van der Waals surface area contributed by atoms with Crippen LogP contribution in [0.1, 0.15) is 17.9 Å². The lowest BCUT2D eigenvalue weighted by atomic mass is 10.2. The number of carboxylic acid groups (broad SMARTS) is 1. The van der Waals surface area contributed by atoms with Crippen molar-refractivity contribution in [1.82, 2.24) is 5.16 Å². The molecule has 0 N–H and O–H groups in total. The largest absolute Gasteiger partial charge is 0.550 e. The van der Waals surface area contributed by atoms with Gasteiger partial charge in [-0.1, -0.05) is 16.8 Å². The zero-order valence-electron chi connectivity index (χ0n) is 6.46. The van der Waals surface area contributed by atoms with Gasteiger partial charge in [-0.3, -0.25) is 0 Å².